The van der Waals surface area contributed by atoms with Gasteiger partial charge in [0.2, 0.25) is 0 Å². The molecule has 122 valence electrons. The molecule has 1 aliphatic carbocycles. The molecule has 0 fully saturated rings. The minimum Gasteiger partial charge on any atom is -0.478 e. The van der Waals surface area contributed by atoms with Crippen molar-refractivity contribution in [2.24, 2.45) is 5.92 Å². The van der Waals surface area contributed by atoms with Crippen LogP contribution in [0.2, 0.25) is 0 Å². The van der Waals surface area contributed by atoms with Gasteiger partial charge >= 0.3 is 5.97 Å². The fourth-order valence-corrected chi connectivity index (χ4v) is 4.08. The number of rotatable bonds is 2. The van der Waals surface area contributed by atoms with Gasteiger partial charge in [0.1, 0.15) is 5.82 Å². The zero-order valence-electron chi connectivity index (χ0n) is 13.3. The standard InChI is InChI=1S/C20H18FNO2/c1-11-9-10-15(20(23)24)17-12-6-4-7-13(12)19(22-18(11)17)14-5-2-3-8-16(14)21/h2-6,8-10,12-13,19,22H,7H2,1H3,(H,23,24)/t12-,13+,19+/m1/s1. The van der Waals surface area contributed by atoms with Crippen LogP contribution in [-0.2, 0) is 0 Å². The summed E-state index contributed by atoms with van der Waals surface area (Å²) >= 11 is 0. The molecule has 0 bridgehead atoms. The molecule has 0 amide bonds. The summed E-state index contributed by atoms with van der Waals surface area (Å²) in [5.41, 5.74) is 3.61. The van der Waals surface area contributed by atoms with Crippen LogP contribution in [0, 0.1) is 18.7 Å². The van der Waals surface area contributed by atoms with E-state index in [4.69, 9.17) is 0 Å². The number of benzene rings is 2. The van der Waals surface area contributed by atoms with Gasteiger partial charge in [-0.15, -0.1) is 0 Å². The zero-order valence-corrected chi connectivity index (χ0v) is 13.3. The molecule has 3 nitrogen and oxygen atoms in total. The first-order chi connectivity index (χ1) is 11.6. The third kappa shape index (κ3) is 2.13. The lowest BCUT2D eigenvalue weighted by Gasteiger charge is -2.39. The van der Waals surface area contributed by atoms with Gasteiger partial charge in [0.15, 0.2) is 0 Å². The summed E-state index contributed by atoms with van der Waals surface area (Å²) in [7, 11) is 0. The fraction of sp³-hybridized carbons (Fsp3) is 0.250. The van der Waals surface area contributed by atoms with Crippen LogP contribution in [-0.4, -0.2) is 11.1 Å². The van der Waals surface area contributed by atoms with E-state index in [9.17, 15) is 14.3 Å². The summed E-state index contributed by atoms with van der Waals surface area (Å²) in [5.74, 6) is -1.03. The first-order valence-electron chi connectivity index (χ1n) is 8.12. The second-order valence-electron chi connectivity index (χ2n) is 6.52. The van der Waals surface area contributed by atoms with Crippen molar-refractivity contribution < 1.29 is 14.3 Å². The lowest BCUT2D eigenvalue weighted by molar-refractivity contribution is 0.0695. The van der Waals surface area contributed by atoms with Crippen LogP contribution in [0.1, 0.15) is 45.4 Å². The maximum absolute atomic E-state index is 14.4. The van der Waals surface area contributed by atoms with E-state index in [1.807, 2.05) is 25.1 Å². The van der Waals surface area contributed by atoms with Gasteiger partial charge in [-0.05, 0) is 42.5 Å². The maximum Gasteiger partial charge on any atom is 0.336 e. The molecule has 1 heterocycles. The smallest absolute Gasteiger partial charge is 0.336 e. The zero-order chi connectivity index (χ0) is 16.8. The van der Waals surface area contributed by atoms with Crippen LogP contribution in [0.4, 0.5) is 10.1 Å². The number of hydrogen-bond acceptors (Lipinski definition) is 2. The number of anilines is 1. The number of fused-ring (bicyclic) bond motifs is 3. The van der Waals surface area contributed by atoms with Gasteiger partial charge in [-0.2, -0.15) is 0 Å². The van der Waals surface area contributed by atoms with Crippen LogP contribution in [0.5, 0.6) is 0 Å². The van der Waals surface area contributed by atoms with E-state index in [0.717, 1.165) is 23.2 Å². The number of hydrogen-bond donors (Lipinski definition) is 2. The van der Waals surface area contributed by atoms with Crippen molar-refractivity contribution in [1.29, 1.82) is 0 Å². The van der Waals surface area contributed by atoms with Gasteiger partial charge in [0.05, 0.1) is 11.6 Å². The SMILES string of the molecule is Cc1ccc(C(=O)O)c2c1N[C@H](c1ccccc1F)[C@H]1CC=C[C@@H]21. The van der Waals surface area contributed by atoms with Crippen molar-refractivity contribution in [3.05, 3.63) is 76.6 Å². The molecule has 2 aromatic rings. The van der Waals surface area contributed by atoms with Crippen molar-refractivity contribution in [2.75, 3.05) is 5.32 Å². The highest BCUT2D eigenvalue weighted by Gasteiger charge is 2.41. The average Bonchev–Trinajstić information content (AvgIpc) is 3.05. The third-order valence-electron chi connectivity index (χ3n) is 5.20. The fourth-order valence-electron chi connectivity index (χ4n) is 4.08. The van der Waals surface area contributed by atoms with E-state index in [-0.39, 0.29) is 23.7 Å². The molecule has 2 N–H and O–H groups in total. The molecule has 0 radical (unpaired) electrons. The largest absolute Gasteiger partial charge is 0.478 e. The molecule has 2 aromatic carbocycles. The summed E-state index contributed by atoms with van der Waals surface area (Å²) in [6.07, 6.45) is 4.96. The summed E-state index contributed by atoms with van der Waals surface area (Å²) in [4.78, 5) is 11.7. The van der Waals surface area contributed by atoms with Crippen LogP contribution in [0.15, 0.2) is 48.6 Å². The van der Waals surface area contributed by atoms with Crippen molar-refractivity contribution in [1.82, 2.24) is 0 Å². The first kappa shape index (κ1) is 14.9. The highest BCUT2D eigenvalue weighted by molar-refractivity contribution is 5.93. The molecule has 24 heavy (non-hydrogen) atoms. The Labute approximate surface area is 139 Å². The summed E-state index contributed by atoms with van der Waals surface area (Å²) in [6, 6.07) is 10.1. The van der Waals surface area contributed by atoms with Crippen LogP contribution in [0.3, 0.4) is 0 Å². The average molecular weight is 323 g/mol. The van der Waals surface area contributed by atoms with Crippen LogP contribution >= 0.6 is 0 Å². The number of carbonyl (C=O) groups is 1. The van der Waals surface area contributed by atoms with Crippen LogP contribution in [0.25, 0.3) is 0 Å². The van der Waals surface area contributed by atoms with Gasteiger partial charge in [-0.3, -0.25) is 0 Å². The Morgan fingerprint density at radius 1 is 1.25 bits per heavy atom. The van der Waals surface area contributed by atoms with Gasteiger partial charge in [0.25, 0.3) is 0 Å². The van der Waals surface area contributed by atoms with Gasteiger partial charge < -0.3 is 10.4 Å². The lowest BCUT2D eigenvalue weighted by atomic mass is 9.74. The first-order valence-corrected chi connectivity index (χ1v) is 8.12. The Hall–Kier alpha value is -2.62. The molecule has 0 unspecified atom stereocenters. The summed E-state index contributed by atoms with van der Waals surface area (Å²) < 4.78 is 14.4. The molecule has 0 saturated carbocycles. The molecule has 4 heteroatoms. The second kappa shape index (κ2) is 5.48. The molecule has 0 aromatic heterocycles. The third-order valence-corrected chi connectivity index (χ3v) is 5.20. The Balaban J connectivity index is 1.90. The number of allylic oxidation sites excluding steroid dienone is 2. The molecule has 3 atom stereocenters. The highest BCUT2D eigenvalue weighted by atomic mass is 19.1. The second-order valence-corrected chi connectivity index (χ2v) is 6.52. The Morgan fingerprint density at radius 3 is 2.79 bits per heavy atom. The van der Waals surface area contributed by atoms with Gasteiger partial charge in [0, 0.05) is 17.2 Å². The van der Waals surface area contributed by atoms with E-state index < -0.39 is 5.97 Å². The minimum absolute atomic E-state index is 0.00291. The van der Waals surface area contributed by atoms with Crippen molar-refractivity contribution in [2.45, 2.75) is 25.3 Å². The van der Waals surface area contributed by atoms with E-state index in [1.165, 1.54) is 6.07 Å². The number of carboxylic acids is 1. The van der Waals surface area contributed by atoms with E-state index in [0.29, 0.717) is 11.1 Å². The van der Waals surface area contributed by atoms with E-state index >= 15 is 0 Å². The Kier molecular flexibility index (Phi) is 3.41. The highest BCUT2D eigenvalue weighted by Crippen LogP contribution is 2.51. The van der Waals surface area contributed by atoms with Crippen LogP contribution < -0.4 is 5.32 Å². The predicted octanol–water partition coefficient (Wildman–Crippen LogP) is 4.66. The quantitative estimate of drug-likeness (QED) is 0.790. The monoisotopic (exact) mass is 323 g/mol. The molecule has 1 aliphatic heterocycles. The van der Waals surface area contributed by atoms with Crippen molar-refractivity contribution in [3.63, 3.8) is 0 Å². The van der Waals surface area contributed by atoms with E-state index in [2.05, 4.69) is 17.5 Å². The van der Waals surface area contributed by atoms with Crippen molar-refractivity contribution >= 4 is 11.7 Å². The van der Waals surface area contributed by atoms with E-state index in [1.54, 1.807) is 12.1 Å². The topological polar surface area (TPSA) is 49.3 Å². The molecular formula is C20H18FNO2. The van der Waals surface area contributed by atoms with Gasteiger partial charge in [-0.1, -0.05) is 36.4 Å². The molecular weight excluding hydrogens is 305 g/mol. The molecule has 0 spiro atoms. The number of nitrogens with one attached hydrogen (secondary N) is 1. The molecule has 0 saturated heterocycles. The number of aromatic carboxylic acids is 1. The number of carboxylic acid groups (broad SMARTS) is 1. The Bertz CT molecular complexity index is 859. The van der Waals surface area contributed by atoms with Gasteiger partial charge in [-0.25, -0.2) is 9.18 Å². The lowest BCUT2D eigenvalue weighted by Crippen LogP contribution is -2.31. The number of aryl methyl sites for hydroxylation is 1. The Morgan fingerprint density at radius 2 is 2.04 bits per heavy atom. The maximum atomic E-state index is 14.4. The van der Waals surface area contributed by atoms with Crippen molar-refractivity contribution in [3.8, 4) is 0 Å². The molecule has 2 aliphatic rings. The predicted molar refractivity (Wildman–Crippen MR) is 90.9 cm³/mol. The summed E-state index contributed by atoms with van der Waals surface area (Å²) in [6.45, 7) is 1.95. The summed E-state index contributed by atoms with van der Waals surface area (Å²) in [5, 5.41) is 13.0. The molecule has 4 rings (SSSR count). The minimum atomic E-state index is -0.920. The number of halogens is 1. The normalized spacial score (nSPS) is 24.2.